The van der Waals surface area contributed by atoms with Crippen LogP contribution in [0.2, 0.25) is 5.02 Å². The van der Waals surface area contributed by atoms with Gasteiger partial charge in [0.2, 0.25) is 0 Å². The molecule has 24 heavy (non-hydrogen) atoms. The molecule has 1 aliphatic rings. The summed E-state index contributed by atoms with van der Waals surface area (Å²) in [6.07, 6.45) is 1.34. The van der Waals surface area contributed by atoms with Crippen molar-refractivity contribution in [2.24, 2.45) is 0 Å². The Labute approximate surface area is 150 Å². The van der Waals surface area contributed by atoms with Crippen LogP contribution in [0.4, 0.5) is 0 Å². The van der Waals surface area contributed by atoms with E-state index in [2.05, 4.69) is 10.6 Å². The van der Waals surface area contributed by atoms with Gasteiger partial charge in [0.25, 0.3) is 11.8 Å². The first-order valence-corrected chi connectivity index (χ1v) is 8.11. The van der Waals surface area contributed by atoms with E-state index in [1.54, 1.807) is 12.1 Å². The Hall–Kier alpha value is -2.12. The first-order valence-electron chi connectivity index (χ1n) is 7.33. The minimum Gasteiger partial charge on any atom is -0.490 e. The van der Waals surface area contributed by atoms with Gasteiger partial charge in [0.15, 0.2) is 16.6 Å². The van der Waals surface area contributed by atoms with Crippen LogP contribution in [0, 0.1) is 0 Å². The van der Waals surface area contributed by atoms with E-state index in [0.29, 0.717) is 28.7 Å². The second-order valence-electron chi connectivity index (χ2n) is 5.22. The second kappa shape index (κ2) is 7.63. The lowest BCUT2D eigenvalue weighted by atomic mass is 10.1. The van der Waals surface area contributed by atoms with Crippen LogP contribution >= 0.6 is 23.8 Å². The summed E-state index contributed by atoms with van der Waals surface area (Å²) in [5, 5.41) is 5.06. The fraction of sp³-hybridized carbons (Fsp3) is 0.312. The fourth-order valence-corrected chi connectivity index (χ4v) is 2.51. The number of thiocarbonyl (C=S) groups is 1. The Kier molecular flexibility index (Phi) is 5.80. The quantitative estimate of drug-likeness (QED) is 0.474. The molecule has 1 saturated heterocycles. The largest absolute Gasteiger partial charge is 0.490 e. The molecule has 1 aliphatic heterocycles. The molecule has 1 heterocycles. The van der Waals surface area contributed by atoms with Gasteiger partial charge in [0.05, 0.1) is 17.7 Å². The number of halogens is 1. The molecule has 1 fully saturated rings. The van der Waals surface area contributed by atoms with Crippen molar-refractivity contribution in [1.29, 1.82) is 0 Å². The van der Waals surface area contributed by atoms with Crippen LogP contribution in [0.5, 0.6) is 11.5 Å². The van der Waals surface area contributed by atoms with E-state index in [-0.39, 0.29) is 16.8 Å². The van der Waals surface area contributed by atoms with E-state index in [4.69, 9.17) is 33.3 Å². The van der Waals surface area contributed by atoms with Crippen molar-refractivity contribution in [1.82, 2.24) is 10.6 Å². The normalized spacial score (nSPS) is 14.4. The maximum absolute atomic E-state index is 11.9. The molecule has 1 aromatic rings. The maximum atomic E-state index is 11.9. The molecule has 6 nitrogen and oxygen atoms in total. The number of benzene rings is 1. The summed E-state index contributed by atoms with van der Waals surface area (Å²) in [5.74, 6) is -0.271. The third kappa shape index (κ3) is 4.24. The number of hydrogen-bond acceptors (Lipinski definition) is 5. The van der Waals surface area contributed by atoms with E-state index in [1.165, 1.54) is 6.08 Å². The minimum absolute atomic E-state index is 0.0177. The van der Waals surface area contributed by atoms with Crippen molar-refractivity contribution in [2.75, 3.05) is 6.61 Å². The summed E-state index contributed by atoms with van der Waals surface area (Å²) < 4.78 is 11.2. The molecule has 2 amide bonds. The molecule has 0 aromatic heterocycles. The van der Waals surface area contributed by atoms with Crippen LogP contribution < -0.4 is 20.1 Å². The molecule has 0 unspecified atom stereocenters. The van der Waals surface area contributed by atoms with Gasteiger partial charge in [-0.3, -0.25) is 20.2 Å². The van der Waals surface area contributed by atoms with E-state index < -0.39 is 11.8 Å². The van der Waals surface area contributed by atoms with Gasteiger partial charge in [-0.15, -0.1) is 0 Å². The SMILES string of the molecule is CCOc1cc(C=C2C(=O)NC(=S)NC2=O)cc(Cl)c1OC(C)C. The Bertz CT molecular complexity index is 709. The van der Waals surface area contributed by atoms with E-state index in [1.807, 2.05) is 20.8 Å². The molecular formula is C16H17ClN2O4S. The van der Waals surface area contributed by atoms with Gasteiger partial charge in [-0.2, -0.15) is 0 Å². The van der Waals surface area contributed by atoms with Crippen LogP contribution in [-0.4, -0.2) is 29.6 Å². The lowest BCUT2D eigenvalue weighted by molar-refractivity contribution is -0.123. The highest BCUT2D eigenvalue weighted by Gasteiger charge is 2.26. The minimum atomic E-state index is -0.569. The second-order valence-corrected chi connectivity index (χ2v) is 6.04. The highest BCUT2D eigenvalue weighted by molar-refractivity contribution is 7.80. The molecule has 2 N–H and O–H groups in total. The Morgan fingerprint density at radius 2 is 1.88 bits per heavy atom. The summed E-state index contributed by atoms with van der Waals surface area (Å²) >= 11 is 11.0. The van der Waals surface area contributed by atoms with Gasteiger partial charge in [-0.05, 0) is 56.8 Å². The molecule has 0 spiro atoms. The van der Waals surface area contributed by atoms with Crippen LogP contribution in [0.3, 0.4) is 0 Å². The molecule has 1 aromatic carbocycles. The number of carbonyl (C=O) groups is 2. The fourth-order valence-electron chi connectivity index (χ4n) is 2.06. The van der Waals surface area contributed by atoms with Crippen LogP contribution in [-0.2, 0) is 9.59 Å². The Balaban J connectivity index is 2.44. The molecule has 0 aliphatic carbocycles. The number of rotatable bonds is 5. The molecule has 0 atom stereocenters. The van der Waals surface area contributed by atoms with Gasteiger partial charge >= 0.3 is 0 Å². The third-order valence-corrected chi connectivity index (χ3v) is 3.42. The maximum Gasteiger partial charge on any atom is 0.263 e. The molecule has 8 heteroatoms. The summed E-state index contributed by atoms with van der Waals surface area (Å²) in [6, 6.07) is 3.26. The predicted octanol–water partition coefficient (Wildman–Crippen LogP) is 2.44. The van der Waals surface area contributed by atoms with Crippen molar-refractivity contribution in [3.8, 4) is 11.5 Å². The van der Waals surface area contributed by atoms with Crippen molar-refractivity contribution in [3.63, 3.8) is 0 Å². The van der Waals surface area contributed by atoms with E-state index in [9.17, 15) is 9.59 Å². The smallest absolute Gasteiger partial charge is 0.263 e. The van der Waals surface area contributed by atoms with E-state index >= 15 is 0 Å². The van der Waals surface area contributed by atoms with Crippen molar-refractivity contribution >= 4 is 46.8 Å². The van der Waals surface area contributed by atoms with Crippen LogP contribution in [0.25, 0.3) is 6.08 Å². The molecule has 0 radical (unpaired) electrons. The van der Waals surface area contributed by atoms with Gasteiger partial charge in [0, 0.05) is 0 Å². The molecule has 0 bridgehead atoms. The molecule has 128 valence electrons. The molecule has 2 rings (SSSR count). The number of carbonyl (C=O) groups excluding carboxylic acids is 2. The lowest BCUT2D eigenvalue weighted by Gasteiger charge is -2.18. The van der Waals surface area contributed by atoms with Crippen molar-refractivity contribution in [2.45, 2.75) is 26.9 Å². The Morgan fingerprint density at radius 1 is 1.25 bits per heavy atom. The first-order chi connectivity index (χ1) is 11.3. The highest BCUT2D eigenvalue weighted by atomic mass is 35.5. The van der Waals surface area contributed by atoms with Crippen molar-refractivity contribution < 1.29 is 19.1 Å². The predicted molar refractivity (Wildman–Crippen MR) is 95.2 cm³/mol. The summed E-state index contributed by atoms with van der Waals surface area (Å²) in [7, 11) is 0. The zero-order chi connectivity index (χ0) is 17.9. The van der Waals surface area contributed by atoms with Crippen molar-refractivity contribution in [3.05, 3.63) is 28.3 Å². The standard InChI is InChI=1S/C16H17ClN2O4S/c1-4-22-12-7-9(6-11(17)13(12)23-8(2)3)5-10-14(20)18-16(24)19-15(10)21/h5-8H,4H2,1-3H3,(H2,18,19,20,21,24). The number of nitrogens with one attached hydrogen (secondary N) is 2. The zero-order valence-corrected chi connectivity index (χ0v) is 15.0. The first kappa shape index (κ1) is 18.2. The van der Waals surface area contributed by atoms with Gasteiger partial charge in [-0.25, -0.2) is 0 Å². The summed E-state index contributed by atoms with van der Waals surface area (Å²) in [5.41, 5.74) is 0.465. The third-order valence-electron chi connectivity index (χ3n) is 2.94. The summed E-state index contributed by atoms with van der Waals surface area (Å²) in [4.78, 5) is 23.8. The van der Waals surface area contributed by atoms with E-state index in [0.717, 1.165) is 0 Å². The number of amides is 2. The average molecular weight is 369 g/mol. The van der Waals surface area contributed by atoms with Gasteiger partial charge in [0.1, 0.15) is 5.57 Å². The van der Waals surface area contributed by atoms with Crippen LogP contribution in [0.15, 0.2) is 17.7 Å². The summed E-state index contributed by atoms with van der Waals surface area (Å²) in [6.45, 7) is 6.00. The topological polar surface area (TPSA) is 76.7 Å². The molecular weight excluding hydrogens is 352 g/mol. The lowest BCUT2D eigenvalue weighted by Crippen LogP contribution is -2.51. The molecule has 0 saturated carbocycles. The average Bonchev–Trinajstić information content (AvgIpc) is 2.46. The number of ether oxygens (including phenoxy) is 2. The Morgan fingerprint density at radius 3 is 2.42 bits per heavy atom. The highest BCUT2D eigenvalue weighted by Crippen LogP contribution is 2.38. The monoisotopic (exact) mass is 368 g/mol. The zero-order valence-electron chi connectivity index (χ0n) is 13.4. The number of hydrogen-bond donors (Lipinski definition) is 2. The van der Waals surface area contributed by atoms with Crippen LogP contribution in [0.1, 0.15) is 26.3 Å². The van der Waals surface area contributed by atoms with Gasteiger partial charge < -0.3 is 9.47 Å². The van der Waals surface area contributed by atoms with Gasteiger partial charge in [-0.1, -0.05) is 11.6 Å².